The third-order valence-corrected chi connectivity index (χ3v) is 3.78. The molecular weight excluding hydrogens is 258 g/mol. The molecule has 0 spiro atoms. The number of hydrogen-bond acceptors (Lipinski definition) is 4. The summed E-state index contributed by atoms with van der Waals surface area (Å²) in [6.45, 7) is 3.25. The molecular formula is C14H21N3OS. The van der Waals surface area contributed by atoms with Crippen molar-refractivity contribution in [1.29, 1.82) is 0 Å². The maximum absolute atomic E-state index is 5.75. The summed E-state index contributed by atoms with van der Waals surface area (Å²) in [4.78, 5) is 2.76. The Morgan fingerprint density at radius 2 is 2.37 bits per heavy atom. The van der Waals surface area contributed by atoms with Crippen LogP contribution in [0.25, 0.3) is 0 Å². The maximum Gasteiger partial charge on any atom is 0.120 e. The number of anilines is 1. The first-order valence-electron chi connectivity index (χ1n) is 6.50. The van der Waals surface area contributed by atoms with E-state index in [4.69, 9.17) is 22.7 Å². The zero-order chi connectivity index (χ0) is 13.8. The molecule has 1 aromatic carbocycles. The number of ether oxygens (including phenoxy) is 1. The van der Waals surface area contributed by atoms with Crippen molar-refractivity contribution in [2.75, 3.05) is 39.1 Å². The van der Waals surface area contributed by atoms with Crippen LogP contribution >= 0.6 is 12.2 Å². The van der Waals surface area contributed by atoms with Gasteiger partial charge in [0.2, 0.25) is 0 Å². The SMILES string of the molecule is COc1ccc(C(N)=S)c(NCC2CCN(C)C2)c1. The van der Waals surface area contributed by atoms with Crippen LogP contribution in [0.3, 0.4) is 0 Å². The van der Waals surface area contributed by atoms with Gasteiger partial charge < -0.3 is 20.7 Å². The van der Waals surface area contributed by atoms with Crippen molar-refractivity contribution in [3.63, 3.8) is 0 Å². The lowest BCUT2D eigenvalue weighted by Crippen LogP contribution is -2.20. The van der Waals surface area contributed by atoms with Crippen molar-refractivity contribution in [3.8, 4) is 5.75 Å². The summed E-state index contributed by atoms with van der Waals surface area (Å²) in [5, 5.41) is 3.46. The first-order chi connectivity index (χ1) is 9.10. The van der Waals surface area contributed by atoms with Gasteiger partial charge in [-0.15, -0.1) is 0 Å². The van der Waals surface area contributed by atoms with E-state index in [1.54, 1.807) is 7.11 Å². The molecule has 0 bridgehead atoms. The third-order valence-electron chi connectivity index (χ3n) is 3.56. The van der Waals surface area contributed by atoms with Crippen LogP contribution in [0.5, 0.6) is 5.75 Å². The molecule has 0 aliphatic carbocycles. The van der Waals surface area contributed by atoms with E-state index in [1.807, 2.05) is 18.2 Å². The van der Waals surface area contributed by atoms with Crippen molar-refractivity contribution < 1.29 is 4.74 Å². The van der Waals surface area contributed by atoms with E-state index >= 15 is 0 Å². The molecule has 2 rings (SSSR count). The average Bonchev–Trinajstić information content (AvgIpc) is 2.81. The molecule has 1 atom stereocenters. The summed E-state index contributed by atoms with van der Waals surface area (Å²) in [5.41, 5.74) is 7.59. The van der Waals surface area contributed by atoms with Crippen molar-refractivity contribution in [1.82, 2.24) is 4.90 Å². The third kappa shape index (κ3) is 3.58. The number of thiocarbonyl (C=S) groups is 1. The zero-order valence-electron chi connectivity index (χ0n) is 11.5. The molecule has 1 aliphatic heterocycles. The minimum absolute atomic E-state index is 0.411. The van der Waals surface area contributed by atoms with E-state index in [0.717, 1.165) is 30.1 Å². The molecule has 0 amide bonds. The van der Waals surface area contributed by atoms with E-state index in [0.29, 0.717) is 10.9 Å². The summed E-state index contributed by atoms with van der Waals surface area (Å²) >= 11 is 5.09. The molecule has 5 heteroatoms. The number of likely N-dealkylation sites (tertiary alicyclic amines) is 1. The highest BCUT2D eigenvalue weighted by Gasteiger charge is 2.19. The molecule has 1 fully saturated rings. The average molecular weight is 279 g/mol. The number of benzene rings is 1. The number of nitrogens with one attached hydrogen (secondary N) is 1. The van der Waals surface area contributed by atoms with Crippen molar-refractivity contribution >= 4 is 22.9 Å². The second-order valence-corrected chi connectivity index (χ2v) is 5.51. The van der Waals surface area contributed by atoms with Gasteiger partial charge in [-0.1, -0.05) is 12.2 Å². The molecule has 0 saturated carbocycles. The van der Waals surface area contributed by atoms with Gasteiger partial charge in [0, 0.05) is 30.4 Å². The number of rotatable bonds is 5. The molecule has 104 valence electrons. The quantitative estimate of drug-likeness (QED) is 0.803. The first kappa shape index (κ1) is 14.1. The number of nitrogens with two attached hydrogens (primary N) is 1. The Hall–Kier alpha value is -1.33. The number of hydrogen-bond donors (Lipinski definition) is 2. The maximum atomic E-state index is 5.75. The number of nitrogens with zero attached hydrogens (tertiary/aromatic N) is 1. The Morgan fingerprint density at radius 1 is 1.58 bits per heavy atom. The van der Waals surface area contributed by atoms with E-state index in [1.165, 1.54) is 13.0 Å². The van der Waals surface area contributed by atoms with Gasteiger partial charge in [-0.25, -0.2) is 0 Å². The Labute approximate surface area is 119 Å². The molecule has 1 heterocycles. The van der Waals surface area contributed by atoms with Crippen LogP contribution in [0.15, 0.2) is 18.2 Å². The van der Waals surface area contributed by atoms with E-state index in [9.17, 15) is 0 Å². The Kier molecular flexibility index (Phi) is 4.61. The van der Waals surface area contributed by atoms with Gasteiger partial charge in [0.25, 0.3) is 0 Å². The molecule has 0 radical (unpaired) electrons. The fourth-order valence-corrected chi connectivity index (χ4v) is 2.64. The summed E-state index contributed by atoms with van der Waals surface area (Å²) in [6.07, 6.45) is 1.23. The monoisotopic (exact) mass is 279 g/mol. The number of methoxy groups -OCH3 is 1. The lowest BCUT2D eigenvalue weighted by atomic mass is 10.1. The van der Waals surface area contributed by atoms with Gasteiger partial charge in [0.1, 0.15) is 10.7 Å². The lowest BCUT2D eigenvalue weighted by Gasteiger charge is -2.16. The highest BCUT2D eigenvalue weighted by molar-refractivity contribution is 7.80. The van der Waals surface area contributed by atoms with E-state index in [2.05, 4.69) is 17.3 Å². The summed E-state index contributed by atoms with van der Waals surface area (Å²) in [5.74, 6) is 1.49. The van der Waals surface area contributed by atoms with Crippen LogP contribution in [0.1, 0.15) is 12.0 Å². The molecule has 19 heavy (non-hydrogen) atoms. The minimum atomic E-state index is 0.411. The Morgan fingerprint density at radius 3 is 2.95 bits per heavy atom. The summed E-state index contributed by atoms with van der Waals surface area (Å²) < 4.78 is 5.25. The Bertz CT molecular complexity index is 464. The molecule has 0 aromatic heterocycles. The predicted molar refractivity (Wildman–Crippen MR) is 83.0 cm³/mol. The second kappa shape index (κ2) is 6.21. The van der Waals surface area contributed by atoms with Gasteiger partial charge in [-0.05, 0) is 38.1 Å². The van der Waals surface area contributed by atoms with Gasteiger partial charge in [0.05, 0.1) is 7.11 Å². The fourth-order valence-electron chi connectivity index (χ4n) is 2.46. The zero-order valence-corrected chi connectivity index (χ0v) is 12.3. The van der Waals surface area contributed by atoms with Crippen LogP contribution in [0.2, 0.25) is 0 Å². The smallest absolute Gasteiger partial charge is 0.120 e. The standard InChI is InChI=1S/C14H21N3OS/c1-17-6-5-10(9-17)8-16-13-7-11(18-2)3-4-12(13)14(15)19/h3-4,7,10,16H,5-6,8-9H2,1-2H3,(H2,15,19). The molecule has 1 aromatic rings. The molecule has 1 saturated heterocycles. The minimum Gasteiger partial charge on any atom is -0.497 e. The highest BCUT2D eigenvalue weighted by Crippen LogP contribution is 2.24. The topological polar surface area (TPSA) is 50.5 Å². The largest absolute Gasteiger partial charge is 0.497 e. The highest BCUT2D eigenvalue weighted by atomic mass is 32.1. The fraction of sp³-hybridized carbons (Fsp3) is 0.500. The normalized spacial score (nSPS) is 19.4. The van der Waals surface area contributed by atoms with Crippen molar-refractivity contribution in [2.24, 2.45) is 11.7 Å². The van der Waals surface area contributed by atoms with Gasteiger partial charge in [-0.3, -0.25) is 0 Å². The van der Waals surface area contributed by atoms with E-state index < -0.39 is 0 Å². The molecule has 3 N–H and O–H groups in total. The first-order valence-corrected chi connectivity index (χ1v) is 6.91. The van der Waals surface area contributed by atoms with Gasteiger partial charge >= 0.3 is 0 Å². The summed E-state index contributed by atoms with van der Waals surface area (Å²) in [6, 6.07) is 5.74. The van der Waals surface area contributed by atoms with Gasteiger partial charge in [-0.2, -0.15) is 0 Å². The van der Waals surface area contributed by atoms with Crippen LogP contribution in [0, 0.1) is 5.92 Å². The van der Waals surface area contributed by atoms with Crippen LogP contribution in [0.4, 0.5) is 5.69 Å². The molecule has 4 nitrogen and oxygen atoms in total. The van der Waals surface area contributed by atoms with E-state index in [-0.39, 0.29) is 0 Å². The van der Waals surface area contributed by atoms with Crippen LogP contribution in [-0.2, 0) is 0 Å². The van der Waals surface area contributed by atoms with Crippen molar-refractivity contribution in [3.05, 3.63) is 23.8 Å². The van der Waals surface area contributed by atoms with Gasteiger partial charge in [0.15, 0.2) is 0 Å². The molecule has 1 unspecified atom stereocenters. The molecule has 1 aliphatic rings. The Balaban J connectivity index is 2.06. The van der Waals surface area contributed by atoms with Crippen LogP contribution < -0.4 is 15.8 Å². The predicted octanol–water partition coefficient (Wildman–Crippen LogP) is 1.69. The van der Waals surface area contributed by atoms with Crippen LogP contribution in [-0.4, -0.2) is 43.7 Å². The van der Waals surface area contributed by atoms with Crippen molar-refractivity contribution in [2.45, 2.75) is 6.42 Å². The second-order valence-electron chi connectivity index (χ2n) is 5.07. The lowest BCUT2D eigenvalue weighted by molar-refractivity contribution is 0.399. The summed E-state index contributed by atoms with van der Waals surface area (Å²) in [7, 11) is 3.82.